The summed E-state index contributed by atoms with van der Waals surface area (Å²) in [5, 5.41) is 0. The Morgan fingerprint density at radius 3 is 2.88 bits per heavy atom. The molecule has 0 amide bonds. The van der Waals surface area contributed by atoms with E-state index in [-0.39, 0.29) is 30.5 Å². The van der Waals surface area contributed by atoms with Crippen LogP contribution in [-0.4, -0.2) is 30.9 Å². The van der Waals surface area contributed by atoms with Crippen LogP contribution in [0.4, 0.5) is 0 Å². The van der Waals surface area contributed by atoms with Crippen molar-refractivity contribution in [2.24, 2.45) is 11.8 Å². The van der Waals surface area contributed by atoms with Crippen LogP contribution in [0.1, 0.15) is 46.0 Å². The number of esters is 2. The van der Waals surface area contributed by atoms with Crippen molar-refractivity contribution < 1.29 is 23.9 Å². The van der Waals surface area contributed by atoms with Gasteiger partial charge in [-0.15, -0.1) is 0 Å². The van der Waals surface area contributed by atoms with Crippen molar-refractivity contribution in [2.45, 2.75) is 52.1 Å². The van der Waals surface area contributed by atoms with E-state index in [1.165, 1.54) is 0 Å². The minimum atomic E-state index is -0.391. The third kappa shape index (κ3) is 5.41. The van der Waals surface area contributed by atoms with Crippen molar-refractivity contribution in [2.75, 3.05) is 6.61 Å². The van der Waals surface area contributed by atoms with Crippen LogP contribution in [0.25, 0.3) is 0 Å². The van der Waals surface area contributed by atoms with E-state index < -0.39 is 5.97 Å². The van der Waals surface area contributed by atoms with Crippen molar-refractivity contribution in [1.82, 2.24) is 0 Å². The molecule has 2 rings (SSSR count). The number of aldehydes is 1. The zero-order valence-electron chi connectivity index (χ0n) is 15.0. The van der Waals surface area contributed by atoms with Crippen LogP contribution in [0.2, 0.25) is 0 Å². The Balaban J connectivity index is 2.09. The lowest BCUT2D eigenvalue weighted by molar-refractivity contribution is -0.143. The lowest BCUT2D eigenvalue weighted by atomic mass is 9.88. The Labute approximate surface area is 148 Å². The van der Waals surface area contributed by atoms with E-state index in [9.17, 15) is 14.4 Å². The van der Waals surface area contributed by atoms with Gasteiger partial charge in [0, 0.05) is 24.3 Å². The number of ether oxygens (including phenoxy) is 2. The molecule has 1 aliphatic carbocycles. The Hall–Kier alpha value is -2.17. The van der Waals surface area contributed by atoms with E-state index in [1.807, 2.05) is 26.0 Å². The largest absolute Gasteiger partial charge is 0.461 e. The molecule has 0 aromatic carbocycles. The second kappa shape index (κ2) is 8.79. The Bertz CT molecular complexity index is 612. The predicted octanol–water partition coefficient (Wildman–Crippen LogP) is 3.30. The highest BCUT2D eigenvalue weighted by Crippen LogP contribution is 2.34. The molecule has 0 aromatic rings. The van der Waals surface area contributed by atoms with Crippen molar-refractivity contribution in [3.8, 4) is 0 Å². The number of allylic oxidation sites excluding steroid dienone is 2. The molecule has 5 nitrogen and oxygen atoms in total. The third-order valence-corrected chi connectivity index (χ3v) is 4.53. The van der Waals surface area contributed by atoms with Gasteiger partial charge in [0.05, 0.1) is 0 Å². The van der Waals surface area contributed by atoms with Gasteiger partial charge < -0.3 is 9.47 Å². The molecule has 0 spiro atoms. The highest BCUT2D eigenvalue weighted by molar-refractivity contribution is 5.91. The third-order valence-electron chi connectivity index (χ3n) is 4.53. The first kappa shape index (κ1) is 19.2. The monoisotopic (exact) mass is 346 g/mol. The highest BCUT2D eigenvalue weighted by Gasteiger charge is 2.38. The maximum atomic E-state index is 11.8. The number of hydrogen-bond donors (Lipinski definition) is 0. The van der Waals surface area contributed by atoms with Gasteiger partial charge in [-0.25, -0.2) is 4.79 Å². The van der Waals surface area contributed by atoms with Gasteiger partial charge in [0.2, 0.25) is 0 Å². The minimum absolute atomic E-state index is 0.143. The maximum absolute atomic E-state index is 11.8. The van der Waals surface area contributed by atoms with E-state index in [0.29, 0.717) is 43.3 Å². The summed E-state index contributed by atoms with van der Waals surface area (Å²) in [6.07, 6.45) is 7.17. The molecule has 0 radical (unpaired) electrons. The topological polar surface area (TPSA) is 69.7 Å². The second-order valence-corrected chi connectivity index (χ2v) is 7.07. The summed E-state index contributed by atoms with van der Waals surface area (Å²) in [5.41, 5.74) is 2.07. The van der Waals surface area contributed by atoms with Crippen LogP contribution < -0.4 is 0 Å². The lowest BCUT2D eigenvalue weighted by Gasteiger charge is -2.18. The summed E-state index contributed by atoms with van der Waals surface area (Å²) in [5.74, 6) is -0.485. The zero-order chi connectivity index (χ0) is 18.4. The SMILES string of the molecule is C=C1C(=O)O[C@H]2C/C(C=O)=C\CC/C(COC(=O)CC(C)C)=C/C[C@H]12. The van der Waals surface area contributed by atoms with Crippen molar-refractivity contribution >= 4 is 18.2 Å². The molecule has 2 aliphatic rings. The van der Waals surface area contributed by atoms with E-state index in [1.54, 1.807) is 0 Å². The van der Waals surface area contributed by atoms with Gasteiger partial charge in [-0.05, 0) is 36.3 Å². The molecular formula is C20H26O5. The number of hydrogen-bond acceptors (Lipinski definition) is 5. The van der Waals surface area contributed by atoms with Gasteiger partial charge >= 0.3 is 11.9 Å². The summed E-state index contributed by atoms with van der Waals surface area (Å²) >= 11 is 0. The molecule has 0 saturated carbocycles. The van der Waals surface area contributed by atoms with Gasteiger partial charge in [0.25, 0.3) is 0 Å². The highest BCUT2D eigenvalue weighted by atomic mass is 16.6. The Morgan fingerprint density at radius 2 is 2.20 bits per heavy atom. The molecule has 1 fully saturated rings. The molecular weight excluding hydrogens is 320 g/mol. The molecule has 0 N–H and O–H groups in total. The lowest BCUT2D eigenvalue weighted by Crippen LogP contribution is -2.18. The summed E-state index contributed by atoms with van der Waals surface area (Å²) < 4.78 is 10.7. The van der Waals surface area contributed by atoms with Crippen LogP contribution in [-0.2, 0) is 23.9 Å². The number of fused-ring (bicyclic) bond motifs is 1. The van der Waals surface area contributed by atoms with E-state index in [0.717, 1.165) is 11.9 Å². The smallest absolute Gasteiger partial charge is 0.334 e. The van der Waals surface area contributed by atoms with Crippen molar-refractivity contribution in [1.29, 1.82) is 0 Å². The van der Waals surface area contributed by atoms with Gasteiger partial charge in [0.1, 0.15) is 19.0 Å². The predicted molar refractivity (Wildman–Crippen MR) is 93.6 cm³/mol. The fourth-order valence-electron chi connectivity index (χ4n) is 3.10. The molecule has 0 unspecified atom stereocenters. The summed E-state index contributed by atoms with van der Waals surface area (Å²) in [7, 11) is 0. The Kier molecular flexibility index (Phi) is 6.73. The average molecular weight is 346 g/mol. The fourth-order valence-corrected chi connectivity index (χ4v) is 3.10. The first-order chi connectivity index (χ1) is 11.9. The van der Waals surface area contributed by atoms with Crippen LogP contribution in [0, 0.1) is 11.8 Å². The first-order valence-electron chi connectivity index (χ1n) is 8.78. The standard InChI is InChI=1S/C20H26O5/c1-13(2)9-19(22)24-12-15-5-4-6-16(11-21)10-18-17(8-7-15)14(3)20(23)25-18/h6-7,11,13,17-18H,3-5,8-10,12H2,1-2H3/b15-7-,16-6+/t17-,18+/m1/s1. The number of carbonyl (C=O) groups excluding carboxylic acids is 3. The van der Waals surface area contributed by atoms with Gasteiger partial charge in [0.15, 0.2) is 0 Å². The van der Waals surface area contributed by atoms with E-state index in [4.69, 9.17) is 9.47 Å². The molecule has 1 aliphatic heterocycles. The number of carbonyl (C=O) groups is 3. The summed E-state index contributed by atoms with van der Waals surface area (Å²) in [6.45, 7) is 8.02. The van der Waals surface area contributed by atoms with Gasteiger partial charge in [-0.2, -0.15) is 0 Å². The fraction of sp³-hybridized carbons (Fsp3) is 0.550. The zero-order valence-corrected chi connectivity index (χ0v) is 15.0. The maximum Gasteiger partial charge on any atom is 0.334 e. The van der Waals surface area contributed by atoms with Crippen LogP contribution in [0.3, 0.4) is 0 Å². The second-order valence-electron chi connectivity index (χ2n) is 7.07. The van der Waals surface area contributed by atoms with Crippen LogP contribution in [0.15, 0.2) is 35.5 Å². The van der Waals surface area contributed by atoms with Crippen molar-refractivity contribution in [3.63, 3.8) is 0 Å². The first-order valence-corrected chi connectivity index (χ1v) is 8.78. The molecule has 136 valence electrons. The molecule has 1 heterocycles. The van der Waals surface area contributed by atoms with Crippen LogP contribution in [0.5, 0.6) is 0 Å². The normalized spacial score (nSPS) is 28.3. The van der Waals surface area contributed by atoms with Crippen LogP contribution >= 0.6 is 0 Å². The average Bonchev–Trinajstić information content (AvgIpc) is 2.82. The molecule has 5 heteroatoms. The van der Waals surface area contributed by atoms with Gasteiger partial charge in [-0.3, -0.25) is 9.59 Å². The summed E-state index contributed by atoms with van der Waals surface area (Å²) in [6, 6.07) is 0. The van der Waals surface area contributed by atoms with Gasteiger partial charge in [-0.1, -0.05) is 32.6 Å². The quantitative estimate of drug-likeness (QED) is 0.331. The van der Waals surface area contributed by atoms with E-state index in [2.05, 4.69) is 6.58 Å². The molecule has 1 saturated heterocycles. The minimum Gasteiger partial charge on any atom is -0.461 e. The summed E-state index contributed by atoms with van der Waals surface area (Å²) in [4.78, 5) is 34.8. The molecule has 0 bridgehead atoms. The Morgan fingerprint density at radius 1 is 1.44 bits per heavy atom. The number of rotatable bonds is 5. The van der Waals surface area contributed by atoms with Crippen molar-refractivity contribution in [3.05, 3.63) is 35.5 Å². The van der Waals surface area contributed by atoms with E-state index >= 15 is 0 Å². The molecule has 25 heavy (non-hydrogen) atoms. The molecule has 2 atom stereocenters. The molecule has 0 aromatic heterocycles.